The quantitative estimate of drug-likeness (QED) is 0.598. The summed E-state index contributed by atoms with van der Waals surface area (Å²) in [7, 11) is -2.93. The van der Waals surface area contributed by atoms with E-state index in [1.165, 1.54) is 6.26 Å². The molecular weight excluding hydrogens is 252 g/mol. The highest BCUT2D eigenvalue weighted by Gasteiger charge is 2.14. The highest BCUT2D eigenvalue weighted by Crippen LogP contribution is 2.22. The zero-order chi connectivity index (χ0) is 12.2. The van der Waals surface area contributed by atoms with Crippen molar-refractivity contribution in [1.82, 2.24) is 5.43 Å². The van der Waals surface area contributed by atoms with E-state index in [1.807, 2.05) is 0 Å². The van der Waals surface area contributed by atoms with Crippen molar-refractivity contribution in [2.45, 2.75) is 18.9 Å². The molecule has 1 aromatic rings. The minimum atomic E-state index is -2.93. The molecule has 1 rings (SSSR count). The summed E-state index contributed by atoms with van der Waals surface area (Å²) in [6.07, 6.45) is 2.31. The van der Waals surface area contributed by atoms with Crippen LogP contribution in [0.2, 0.25) is 5.22 Å². The van der Waals surface area contributed by atoms with Gasteiger partial charge in [-0.1, -0.05) is 0 Å². The third-order valence-electron chi connectivity index (χ3n) is 2.15. The lowest BCUT2D eigenvalue weighted by Gasteiger charge is -2.12. The average Bonchev–Trinajstić information content (AvgIpc) is 2.58. The first-order valence-electron chi connectivity index (χ1n) is 4.81. The van der Waals surface area contributed by atoms with Crippen LogP contribution in [0.5, 0.6) is 0 Å². The molecule has 0 spiro atoms. The largest absolute Gasteiger partial charge is 0.448 e. The van der Waals surface area contributed by atoms with Gasteiger partial charge in [-0.25, -0.2) is 13.8 Å². The zero-order valence-electron chi connectivity index (χ0n) is 8.94. The molecule has 0 saturated heterocycles. The lowest BCUT2D eigenvalue weighted by atomic mass is 10.1. The fourth-order valence-corrected chi connectivity index (χ4v) is 2.22. The minimum absolute atomic E-state index is 0.139. The number of hydrogen-bond donors (Lipinski definition) is 2. The van der Waals surface area contributed by atoms with Gasteiger partial charge in [-0.05, 0) is 36.6 Å². The molecule has 92 valence electrons. The minimum Gasteiger partial charge on any atom is -0.448 e. The smallest absolute Gasteiger partial charge is 0.193 e. The molecule has 7 heteroatoms. The van der Waals surface area contributed by atoms with Crippen LogP contribution < -0.4 is 11.3 Å². The molecule has 5 nitrogen and oxygen atoms in total. The second-order valence-electron chi connectivity index (χ2n) is 3.63. The molecule has 0 fully saturated rings. The van der Waals surface area contributed by atoms with E-state index in [2.05, 4.69) is 5.43 Å². The van der Waals surface area contributed by atoms with Gasteiger partial charge in [-0.3, -0.25) is 5.84 Å². The van der Waals surface area contributed by atoms with Crippen LogP contribution in [0.15, 0.2) is 16.5 Å². The van der Waals surface area contributed by atoms with Gasteiger partial charge in [0.1, 0.15) is 15.6 Å². The Balaban J connectivity index is 2.50. The molecule has 0 radical (unpaired) electrons. The number of hydrazine groups is 1. The maximum atomic E-state index is 10.9. The molecule has 0 aliphatic heterocycles. The summed E-state index contributed by atoms with van der Waals surface area (Å²) in [6, 6.07) is 3.12. The molecule has 1 unspecified atom stereocenters. The fraction of sp³-hybridized carbons (Fsp3) is 0.556. The van der Waals surface area contributed by atoms with Gasteiger partial charge >= 0.3 is 0 Å². The number of nitrogens with one attached hydrogen (secondary N) is 1. The fourth-order valence-electron chi connectivity index (χ4n) is 1.37. The van der Waals surface area contributed by atoms with E-state index < -0.39 is 9.84 Å². The molecule has 0 bridgehead atoms. The van der Waals surface area contributed by atoms with Crippen LogP contribution in [0, 0.1) is 0 Å². The summed E-state index contributed by atoms with van der Waals surface area (Å²) >= 11 is 5.64. The predicted octanol–water partition coefficient (Wildman–Crippen LogP) is 1.26. The van der Waals surface area contributed by atoms with Crippen molar-refractivity contribution in [3.63, 3.8) is 0 Å². The first kappa shape index (κ1) is 13.5. The van der Waals surface area contributed by atoms with Crippen molar-refractivity contribution in [2.24, 2.45) is 5.84 Å². The Bertz CT molecular complexity index is 430. The van der Waals surface area contributed by atoms with Crippen LogP contribution in [0.1, 0.15) is 24.6 Å². The van der Waals surface area contributed by atoms with E-state index in [0.717, 1.165) is 0 Å². The molecular formula is C9H15ClN2O3S. The van der Waals surface area contributed by atoms with Crippen LogP contribution in [0.4, 0.5) is 0 Å². The van der Waals surface area contributed by atoms with Crippen LogP contribution >= 0.6 is 11.6 Å². The molecule has 16 heavy (non-hydrogen) atoms. The summed E-state index contributed by atoms with van der Waals surface area (Å²) in [5.74, 6) is 6.11. The Morgan fingerprint density at radius 1 is 1.56 bits per heavy atom. The Labute approximate surface area is 99.8 Å². The molecule has 1 heterocycles. The first-order valence-corrected chi connectivity index (χ1v) is 7.25. The van der Waals surface area contributed by atoms with E-state index in [9.17, 15) is 8.42 Å². The Kier molecular flexibility index (Phi) is 4.79. The van der Waals surface area contributed by atoms with Crippen molar-refractivity contribution in [1.29, 1.82) is 0 Å². The van der Waals surface area contributed by atoms with E-state index in [0.29, 0.717) is 23.8 Å². The summed E-state index contributed by atoms with van der Waals surface area (Å²) in [5.41, 5.74) is 2.57. The lowest BCUT2D eigenvalue weighted by molar-refractivity contribution is 0.399. The summed E-state index contributed by atoms with van der Waals surface area (Å²) in [4.78, 5) is 0. The van der Waals surface area contributed by atoms with Crippen molar-refractivity contribution in [2.75, 3.05) is 12.0 Å². The Morgan fingerprint density at radius 2 is 2.25 bits per heavy atom. The first-order chi connectivity index (χ1) is 7.42. The number of hydrogen-bond acceptors (Lipinski definition) is 5. The Morgan fingerprint density at radius 3 is 2.69 bits per heavy atom. The molecule has 3 N–H and O–H groups in total. The van der Waals surface area contributed by atoms with Crippen molar-refractivity contribution in [3.05, 3.63) is 23.1 Å². The standard InChI is InChI=1S/C9H15ClN2O3S/c1-16(13,14)6-2-3-7(12-11)8-4-5-9(10)15-8/h4-5,7,12H,2-3,6,11H2,1H3. The van der Waals surface area contributed by atoms with Gasteiger partial charge in [0.2, 0.25) is 0 Å². The monoisotopic (exact) mass is 266 g/mol. The number of nitrogens with two attached hydrogens (primary N) is 1. The van der Waals surface area contributed by atoms with E-state index in [-0.39, 0.29) is 11.8 Å². The van der Waals surface area contributed by atoms with Gasteiger partial charge < -0.3 is 4.42 Å². The highest BCUT2D eigenvalue weighted by molar-refractivity contribution is 7.90. The highest BCUT2D eigenvalue weighted by atomic mass is 35.5. The SMILES string of the molecule is CS(=O)(=O)CCCC(NN)c1ccc(Cl)o1. The number of rotatable bonds is 6. The summed E-state index contributed by atoms with van der Waals surface area (Å²) in [6.45, 7) is 0. The van der Waals surface area contributed by atoms with Gasteiger partial charge in [0.15, 0.2) is 5.22 Å². The number of sulfone groups is 1. The average molecular weight is 267 g/mol. The Hall–Kier alpha value is -0.560. The second kappa shape index (κ2) is 5.67. The van der Waals surface area contributed by atoms with Crippen molar-refractivity contribution < 1.29 is 12.8 Å². The van der Waals surface area contributed by atoms with Gasteiger partial charge in [-0.2, -0.15) is 0 Å². The molecule has 0 aliphatic rings. The maximum Gasteiger partial charge on any atom is 0.193 e. The van der Waals surface area contributed by atoms with Gasteiger partial charge in [0, 0.05) is 12.0 Å². The normalized spacial score (nSPS) is 13.9. The molecule has 0 saturated carbocycles. The van der Waals surface area contributed by atoms with Gasteiger partial charge in [0.25, 0.3) is 0 Å². The molecule has 0 aliphatic carbocycles. The molecule has 0 aromatic carbocycles. The molecule has 0 amide bonds. The zero-order valence-corrected chi connectivity index (χ0v) is 10.5. The number of halogens is 1. The van der Waals surface area contributed by atoms with Gasteiger partial charge in [0.05, 0.1) is 6.04 Å². The molecule has 1 atom stereocenters. The summed E-state index contributed by atoms with van der Waals surface area (Å²) in [5, 5.41) is 0.290. The number of furan rings is 1. The van der Waals surface area contributed by atoms with Crippen molar-refractivity contribution in [3.8, 4) is 0 Å². The third-order valence-corrected chi connectivity index (χ3v) is 3.38. The van der Waals surface area contributed by atoms with Crippen LogP contribution in [0.3, 0.4) is 0 Å². The van der Waals surface area contributed by atoms with Crippen LogP contribution in [-0.2, 0) is 9.84 Å². The van der Waals surface area contributed by atoms with E-state index in [4.69, 9.17) is 21.9 Å². The third kappa shape index (κ3) is 4.52. The van der Waals surface area contributed by atoms with Crippen LogP contribution in [-0.4, -0.2) is 20.4 Å². The lowest BCUT2D eigenvalue weighted by Crippen LogP contribution is -2.28. The van der Waals surface area contributed by atoms with Crippen LogP contribution in [0.25, 0.3) is 0 Å². The summed E-state index contributed by atoms with van der Waals surface area (Å²) < 4.78 is 27.1. The van der Waals surface area contributed by atoms with Crippen molar-refractivity contribution >= 4 is 21.4 Å². The topological polar surface area (TPSA) is 85.3 Å². The second-order valence-corrected chi connectivity index (χ2v) is 6.27. The van der Waals surface area contributed by atoms with E-state index >= 15 is 0 Å². The van der Waals surface area contributed by atoms with Gasteiger partial charge in [-0.15, -0.1) is 0 Å². The predicted molar refractivity (Wildman–Crippen MR) is 62.7 cm³/mol. The maximum absolute atomic E-state index is 10.9. The molecule has 1 aromatic heterocycles. The van der Waals surface area contributed by atoms with E-state index in [1.54, 1.807) is 12.1 Å².